The number of para-hydroxylation sites is 1. The van der Waals surface area contributed by atoms with Crippen molar-refractivity contribution < 1.29 is 9.59 Å². The molecule has 0 aliphatic carbocycles. The second-order valence-electron chi connectivity index (χ2n) is 6.49. The summed E-state index contributed by atoms with van der Waals surface area (Å²) in [4.78, 5) is 29.4. The van der Waals surface area contributed by atoms with E-state index in [1.807, 2.05) is 38.1 Å². The standard InChI is InChI=1S/C23H20N4O2/c1-3-17-8-4-6-15(2)21(17)27-23(29)20-13-18(10-11-25-20)22(28)26-19-9-5-7-16(12-19)14-24/h4-13H,3H2,1-2H3,(H,26,28)(H,27,29). The number of nitrogens with one attached hydrogen (secondary N) is 2. The highest BCUT2D eigenvalue weighted by Crippen LogP contribution is 2.22. The van der Waals surface area contributed by atoms with E-state index in [9.17, 15) is 9.59 Å². The maximum absolute atomic E-state index is 12.7. The number of hydrogen-bond acceptors (Lipinski definition) is 4. The molecule has 0 saturated carbocycles. The molecule has 0 unspecified atom stereocenters. The number of nitriles is 1. The molecule has 1 aromatic heterocycles. The van der Waals surface area contributed by atoms with Gasteiger partial charge in [0.15, 0.2) is 0 Å². The van der Waals surface area contributed by atoms with E-state index in [0.29, 0.717) is 16.8 Å². The SMILES string of the molecule is CCc1cccc(C)c1NC(=O)c1cc(C(=O)Nc2cccc(C#N)c2)ccn1. The number of aryl methyl sites for hydroxylation is 2. The molecule has 2 amide bonds. The van der Waals surface area contributed by atoms with E-state index in [0.717, 1.165) is 23.2 Å². The van der Waals surface area contributed by atoms with Crippen LogP contribution in [0.2, 0.25) is 0 Å². The van der Waals surface area contributed by atoms with Crippen molar-refractivity contribution in [3.63, 3.8) is 0 Å². The zero-order chi connectivity index (χ0) is 20.8. The summed E-state index contributed by atoms with van der Waals surface area (Å²) >= 11 is 0. The monoisotopic (exact) mass is 384 g/mol. The number of aromatic nitrogens is 1. The zero-order valence-corrected chi connectivity index (χ0v) is 16.2. The lowest BCUT2D eigenvalue weighted by Crippen LogP contribution is -2.18. The van der Waals surface area contributed by atoms with Crippen LogP contribution in [0.3, 0.4) is 0 Å². The third-order valence-electron chi connectivity index (χ3n) is 4.48. The van der Waals surface area contributed by atoms with Crippen LogP contribution in [0, 0.1) is 18.3 Å². The van der Waals surface area contributed by atoms with Crippen molar-refractivity contribution in [3.8, 4) is 6.07 Å². The highest BCUT2D eigenvalue weighted by Gasteiger charge is 2.15. The van der Waals surface area contributed by atoms with Crippen LogP contribution in [0.5, 0.6) is 0 Å². The van der Waals surface area contributed by atoms with Gasteiger partial charge in [0.05, 0.1) is 11.6 Å². The van der Waals surface area contributed by atoms with E-state index in [1.54, 1.807) is 24.3 Å². The van der Waals surface area contributed by atoms with Gasteiger partial charge in [-0.15, -0.1) is 0 Å². The lowest BCUT2D eigenvalue weighted by atomic mass is 10.1. The molecular formula is C23H20N4O2. The molecule has 0 saturated heterocycles. The summed E-state index contributed by atoms with van der Waals surface area (Å²) < 4.78 is 0. The van der Waals surface area contributed by atoms with Gasteiger partial charge in [-0.2, -0.15) is 5.26 Å². The predicted octanol–water partition coefficient (Wildman–Crippen LogP) is 4.33. The molecule has 29 heavy (non-hydrogen) atoms. The van der Waals surface area contributed by atoms with Gasteiger partial charge in [0.25, 0.3) is 11.8 Å². The summed E-state index contributed by atoms with van der Waals surface area (Å²) in [6.07, 6.45) is 2.21. The summed E-state index contributed by atoms with van der Waals surface area (Å²) in [5, 5.41) is 14.6. The molecule has 2 aromatic carbocycles. The fraction of sp³-hybridized carbons (Fsp3) is 0.130. The summed E-state index contributed by atoms with van der Waals surface area (Å²) in [6.45, 7) is 3.95. The molecule has 0 radical (unpaired) electrons. The zero-order valence-electron chi connectivity index (χ0n) is 16.2. The Morgan fingerprint density at radius 3 is 2.59 bits per heavy atom. The van der Waals surface area contributed by atoms with Gasteiger partial charge in [0.2, 0.25) is 0 Å². The van der Waals surface area contributed by atoms with E-state index in [2.05, 4.69) is 15.6 Å². The summed E-state index contributed by atoms with van der Waals surface area (Å²) in [5.41, 5.74) is 4.16. The van der Waals surface area contributed by atoms with Crippen molar-refractivity contribution in [2.24, 2.45) is 0 Å². The molecule has 0 aliphatic rings. The van der Waals surface area contributed by atoms with Crippen molar-refractivity contribution in [2.45, 2.75) is 20.3 Å². The molecule has 2 N–H and O–H groups in total. The number of carbonyl (C=O) groups excluding carboxylic acids is 2. The fourth-order valence-electron chi connectivity index (χ4n) is 2.95. The van der Waals surface area contributed by atoms with Crippen LogP contribution < -0.4 is 10.6 Å². The first-order chi connectivity index (χ1) is 14.0. The molecule has 3 rings (SSSR count). The van der Waals surface area contributed by atoms with Gasteiger partial charge in [-0.05, 0) is 54.8 Å². The van der Waals surface area contributed by atoms with Crippen molar-refractivity contribution in [3.05, 3.63) is 88.7 Å². The molecule has 0 bridgehead atoms. The van der Waals surface area contributed by atoms with Crippen molar-refractivity contribution in [1.82, 2.24) is 4.98 Å². The Morgan fingerprint density at radius 1 is 1.03 bits per heavy atom. The first-order valence-electron chi connectivity index (χ1n) is 9.19. The smallest absolute Gasteiger partial charge is 0.274 e. The van der Waals surface area contributed by atoms with Crippen molar-refractivity contribution in [2.75, 3.05) is 10.6 Å². The minimum absolute atomic E-state index is 0.147. The topological polar surface area (TPSA) is 94.9 Å². The number of hydrogen-bond donors (Lipinski definition) is 2. The largest absolute Gasteiger partial charge is 0.322 e. The number of benzene rings is 2. The van der Waals surface area contributed by atoms with E-state index >= 15 is 0 Å². The van der Waals surface area contributed by atoms with Gasteiger partial charge in [-0.1, -0.05) is 31.2 Å². The maximum Gasteiger partial charge on any atom is 0.274 e. The van der Waals surface area contributed by atoms with Gasteiger partial charge in [0.1, 0.15) is 5.69 Å². The lowest BCUT2D eigenvalue weighted by molar-refractivity contribution is 0.102. The number of rotatable bonds is 5. The Balaban J connectivity index is 1.79. The van der Waals surface area contributed by atoms with Crippen LogP contribution in [-0.2, 0) is 6.42 Å². The van der Waals surface area contributed by atoms with Crippen LogP contribution in [0.4, 0.5) is 11.4 Å². The molecule has 144 valence electrons. The van der Waals surface area contributed by atoms with Gasteiger partial charge < -0.3 is 10.6 Å². The van der Waals surface area contributed by atoms with E-state index in [1.165, 1.54) is 18.3 Å². The fourth-order valence-corrected chi connectivity index (χ4v) is 2.95. The van der Waals surface area contributed by atoms with Gasteiger partial charge in [-0.25, -0.2) is 0 Å². The van der Waals surface area contributed by atoms with Crippen LogP contribution in [0.25, 0.3) is 0 Å². The minimum atomic E-state index is -0.387. The first-order valence-corrected chi connectivity index (χ1v) is 9.19. The molecule has 6 nitrogen and oxygen atoms in total. The molecule has 0 aliphatic heterocycles. The van der Waals surface area contributed by atoms with E-state index in [4.69, 9.17) is 5.26 Å². The van der Waals surface area contributed by atoms with Crippen LogP contribution in [0.1, 0.15) is 44.5 Å². The van der Waals surface area contributed by atoms with Gasteiger partial charge >= 0.3 is 0 Å². The summed E-state index contributed by atoms with van der Waals surface area (Å²) in [5.74, 6) is -0.767. The third kappa shape index (κ3) is 4.66. The van der Waals surface area contributed by atoms with Gasteiger partial charge in [-0.3, -0.25) is 14.6 Å². The lowest BCUT2D eigenvalue weighted by Gasteiger charge is -2.13. The quantitative estimate of drug-likeness (QED) is 0.684. The van der Waals surface area contributed by atoms with Gasteiger partial charge in [0, 0.05) is 23.1 Å². The second kappa shape index (κ2) is 8.81. The highest BCUT2D eigenvalue weighted by molar-refractivity contribution is 6.08. The Labute approximate surface area is 169 Å². The number of anilines is 2. The van der Waals surface area contributed by atoms with Crippen LogP contribution >= 0.6 is 0 Å². The first kappa shape index (κ1) is 19.8. The number of carbonyl (C=O) groups is 2. The average Bonchev–Trinajstić information content (AvgIpc) is 2.75. The summed E-state index contributed by atoms with van der Waals surface area (Å²) in [6, 6.07) is 17.5. The Morgan fingerprint density at radius 2 is 1.83 bits per heavy atom. The normalized spacial score (nSPS) is 10.1. The number of pyridine rings is 1. The molecule has 3 aromatic rings. The Bertz CT molecular complexity index is 1120. The molecular weight excluding hydrogens is 364 g/mol. The maximum atomic E-state index is 12.7. The van der Waals surface area contributed by atoms with E-state index < -0.39 is 0 Å². The number of nitrogens with zero attached hydrogens (tertiary/aromatic N) is 2. The van der Waals surface area contributed by atoms with Crippen LogP contribution in [-0.4, -0.2) is 16.8 Å². The molecule has 0 atom stereocenters. The minimum Gasteiger partial charge on any atom is -0.322 e. The Hall–Kier alpha value is -3.98. The second-order valence-corrected chi connectivity index (χ2v) is 6.49. The van der Waals surface area contributed by atoms with Crippen LogP contribution in [0.15, 0.2) is 60.8 Å². The van der Waals surface area contributed by atoms with Crippen molar-refractivity contribution in [1.29, 1.82) is 5.26 Å². The number of amides is 2. The summed E-state index contributed by atoms with van der Waals surface area (Å²) in [7, 11) is 0. The van der Waals surface area contributed by atoms with E-state index in [-0.39, 0.29) is 17.5 Å². The molecule has 0 fully saturated rings. The highest BCUT2D eigenvalue weighted by atomic mass is 16.2. The third-order valence-corrected chi connectivity index (χ3v) is 4.48. The van der Waals surface area contributed by atoms with Crippen molar-refractivity contribution >= 4 is 23.2 Å². The Kier molecular flexibility index (Phi) is 6.00. The molecule has 0 spiro atoms. The molecule has 1 heterocycles. The predicted molar refractivity (Wildman–Crippen MR) is 112 cm³/mol. The average molecular weight is 384 g/mol. The molecule has 6 heteroatoms.